The number of benzene rings is 1. The normalized spacial score (nSPS) is 11.9. The lowest BCUT2D eigenvalue weighted by Gasteiger charge is -2.23. The Kier molecular flexibility index (Phi) is 8.71. The van der Waals surface area contributed by atoms with Gasteiger partial charge in [0, 0.05) is 10.6 Å². The Balaban J connectivity index is 2.38. The van der Waals surface area contributed by atoms with Crippen LogP contribution in [0.5, 0.6) is 0 Å². The first-order valence-electron chi connectivity index (χ1n) is 8.50. The van der Waals surface area contributed by atoms with Crippen LogP contribution >= 0.6 is 23.2 Å². The molecule has 1 aromatic carbocycles. The third kappa shape index (κ3) is 8.58. The van der Waals surface area contributed by atoms with Crippen LogP contribution in [0.15, 0.2) is 18.2 Å². The Morgan fingerprint density at radius 2 is 1.61 bits per heavy atom. The van der Waals surface area contributed by atoms with Crippen LogP contribution in [0.1, 0.15) is 38.1 Å². The van der Waals surface area contributed by atoms with Crippen molar-refractivity contribution in [1.82, 2.24) is 21.3 Å². The number of amides is 4. The van der Waals surface area contributed by atoms with Gasteiger partial charge in [-0.15, -0.1) is 0 Å². The predicted octanol–water partition coefficient (Wildman–Crippen LogP) is 1.26. The Morgan fingerprint density at radius 3 is 2.18 bits per heavy atom. The van der Waals surface area contributed by atoms with E-state index < -0.39 is 29.3 Å². The number of rotatable bonds is 7. The van der Waals surface area contributed by atoms with Crippen LogP contribution in [0.3, 0.4) is 0 Å². The van der Waals surface area contributed by atoms with Gasteiger partial charge >= 0.3 is 0 Å². The highest BCUT2D eigenvalue weighted by Gasteiger charge is 2.20. The molecule has 0 bridgehead atoms. The van der Waals surface area contributed by atoms with E-state index in [4.69, 9.17) is 23.2 Å². The van der Waals surface area contributed by atoms with E-state index in [0.717, 1.165) is 0 Å². The van der Waals surface area contributed by atoms with Crippen molar-refractivity contribution < 1.29 is 19.2 Å². The number of nitrogens with one attached hydrogen (secondary N) is 4. The minimum Gasteiger partial charge on any atom is -0.350 e. The van der Waals surface area contributed by atoms with Gasteiger partial charge < -0.3 is 21.3 Å². The fraction of sp³-hybridized carbons (Fsp3) is 0.444. The van der Waals surface area contributed by atoms with Gasteiger partial charge in [-0.2, -0.15) is 0 Å². The van der Waals surface area contributed by atoms with E-state index in [1.807, 2.05) is 20.8 Å². The average molecular weight is 431 g/mol. The molecule has 4 N–H and O–H groups in total. The average Bonchev–Trinajstić information content (AvgIpc) is 2.56. The molecule has 10 heteroatoms. The van der Waals surface area contributed by atoms with Gasteiger partial charge in [0.05, 0.1) is 23.7 Å². The third-order valence-corrected chi connectivity index (χ3v) is 3.85. The molecule has 154 valence electrons. The maximum absolute atomic E-state index is 12.0. The molecule has 0 saturated heterocycles. The van der Waals surface area contributed by atoms with Crippen molar-refractivity contribution in [2.45, 2.75) is 39.3 Å². The van der Waals surface area contributed by atoms with Gasteiger partial charge in [0.2, 0.25) is 17.7 Å². The SMILES string of the molecule is CC(NC(=O)CNC(=O)CNC(=O)c1ccc(Cl)cc1Cl)C(=O)NC(C)(C)C. The number of carbonyl (C=O) groups is 4. The van der Waals surface area contributed by atoms with E-state index >= 15 is 0 Å². The largest absolute Gasteiger partial charge is 0.350 e. The molecule has 4 amide bonds. The van der Waals surface area contributed by atoms with Crippen molar-refractivity contribution in [3.8, 4) is 0 Å². The van der Waals surface area contributed by atoms with E-state index in [-0.39, 0.29) is 29.6 Å². The lowest BCUT2D eigenvalue weighted by Crippen LogP contribution is -2.52. The summed E-state index contributed by atoms with van der Waals surface area (Å²) in [6, 6.07) is 3.61. The monoisotopic (exact) mass is 430 g/mol. The van der Waals surface area contributed by atoms with E-state index in [9.17, 15) is 19.2 Å². The summed E-state index contributed by atoms with van der Waals surface area (Å²) in [4.78, 5) is 47.6. The fourth-order valence-electron chi connectivity index (χ4n) is 2.01. The molecule has 0 aliphatic heterocycles. The smallest absolute Gasteiger partial charge is 0.253 e. The van der Waals surface area contributed by atoms with E-state index in [1.165, 1.54) is 25.1 Å². The highest BCUT2D eigenvalue weighted by molar-refractivity contribution is 6.36. The molecule has 8 nitrogen and oxygen atoms in total. The van der Waals surface area contributed by atoms with Crippen molar-refractivity contribution in [1.29, 1.82) is 0 Å². The molecular formula is C18H24Cl2N4O4. The summed E-state index contributed by atoms with van der Waals surface area (Å²) in [7, 11) is 0. The topological polar surface area (TPSA) is 116 Å². The minimum atomic E-state index is -0.754. The standard InChI is InChI=1S/C18H24Cl2N4O4/c1-10(16(27)24-18(2,3)4)23-15(26)9-21-14(25)8-22-17(28)12-6-5-11(19)7-13(12)20/h5-7,10H,8-9H2,1-4H3,(H,21,25)(H,22,28)(H,23,26)(H,24,27). The van der Waals surface area contributed by atoms with Crippen LogP contribution in [0.4, 0.5) is 0 Å². The van der Waals surface area contributed by atoms with Crippen LogP contribution < -0.4 is 21.3 Å². The molecule has 1 aromatic rings. The summed E-state index contributed by atoms with van der Waals surface area (Å²) < 4.78 is 0. The molecule has 28 heavy (non-hydrogen) atoms. The van der Waals surface area contributed by atoms with E-state index in [2.05, 4.69) is 21.3 Å². The van der Waals surface area contributed by atoms with Crippen molar-refractivity contribution in [3.05, 3.63) is 33.8 Å². The maximum atomic E-state index is 12.0. The molecule has 1 rings (SSSR count). The highest BCUT2D eigenvalue weighted by atomic mass is 35.5. The molecule has 1 unspecified atom stereocenters. The first-order chi connectivity index (χ1) is 12.9. The van der Waals surface area contributed by atoms with Gasteiger partial charge in [-0.1, -0.05) is 23.2 Å². The maximum Gasteiger partial charge on any atom is 0.253 e. The molecule has 0 aromatic heterocycles. The van der Waals surface area contributed by atoms with Crippen LogP contribution in [-0.2, 0) is 14.4 Å². The summed E-state index contributed by atoms with van der Waals surface area (Å²) in [5.41, 5.74) is -0.245. The van der Waals surface area contributed by atoms with Gasteiger partial charge in [-0.3, -0.25) is 19.2 Å². The number of hydrogen-bond acceptors (Lipinski definition) is 4. The zero-order chi connectivity index (χ0) is 21.5. The van der Waals surface area contributed by atoms with Crippen LogP contribution in [-0.4, -0.2) is 48.3 Å². The van der Waals surface area contributed by atoms with Crippen molar-refractivity contribution in [2.75, 3.05) is 13.1 Å². The number of halogens is 2. The number of hydrogen-bond donors (Lipinski definition) is 4. The molecule has 0 radical (unpaired) electrons. The second-order valence-electron chi connectivity index (χ2n) is 7.11. The van der Waals surface area contributed by atoms with E-state index in [0.29, 0.717) is 5.02 Å². The van der Waals surface area contributed by atoms with Crippen LogP contribution in [0, 0.1) is 0 Å². The zero-order valence-corrected chi connectivity index (χ0v) is 17.6. The molecule has 0 aliphatic rings. The van der Waals surface area contributed by atoms with Crippen molar-refractivity contribution in [3.63, 3.8) is 0 Å². The molecule has 1 atom stereocenters. The molecule has 0 spiro atoms. The van der Waals surface area contributed by atoms with Gasteiger partial charge in [-0.05, 0) is 45.9 Å². The Labute approximate surface area is 173 Å². The third-order valence-electron chi connectivity index (χ3n) is 3.30. The van der Waals surface area contributed by atoms with Crippen LogP contribution in [0.2, 0.25) is 10.0 Å². The second-order valence-corrected chi connectivity index (χ2v) is 7.96. The second kappa shape index (κ2) is 10.3. The van der Waals surface area contributed by atoms with E-state index in [1.54, 1.807) is 0 Å². The lowest BCUT2D eigenvalue weighted by atomic mass is 10.1. The molecular weight excluding hydrogens is 407 g/mol. The first kappa shape index (κ1) is 23.7. The molecule has 0 heterocycles. The molecule has 0 aliphatic carbocycles. The van der Waals surface area contributed by atoms with Crippen molar-refractivity contribution >= 4 is 46.8 Å². The van der Waals surface area contributed by atoms with Gasteiger partial charge in [0.15, 0.2) is 0 Å². The summed E-state index contributed by atoms with van der Waals surface area (Å²) in [5, 5.41) is 10.5. The number of carbonyl (C=O) groups excluding carboxylic acids is 4. The summed E-state index contributed by atoms with van der Waals surface area (Å²) in [6.07, 6.45) is 0. The first-order valence-corrected chi connectivity index (χ1v) is 9.26. The predicted molar refractivity (Wildman–Crippen MR) is 107 cm³/mol. The molecule has 0 fully saturated rings. The summed E-state index contributed by atoms with van der Waals surface area (Å²) in [5.74, 6) is -1.98. The minimum absolute atomic E-state index is 0.160. The summed E-state index contributed by atoms with van der Waals surface area (Å²) in [6.45, 7) is 6.34. The van der Waals surface area contributed by atoms with Gasteiger partial charge in [-0.25, -0.2) is 0 Å². The Hall–Kier alpha value is -2.32. The Morgan fingerprint density at radius 1 is 1.00 bits per heavy atom. The highest BCUT2D eigenvalue weighted by Crippen LogP contribution is 2.20. The van der Waals surface area contributed by atoms with Gasteiger partial charge in [0.1, 0.15) is 6.04 Å². The van der Waals surface area contributed by atoms with Gasteiger partial charge in [0.25, 0.3) is 5.91 Å². The zero-order valence-electron chi connectivity index (χ0n) is 16.1. The summed E-state index contributed by atoms with van der Waals surface area (Å²) >= 11 is 11.7. The van der Waals surface area contributed by atoms with Crippen LogP contribution in [0.25, 0.3) is 0 Å². The molecule has 0 saturated carbocycles. The lowest BCUT2D eigenvalue weighted by molar-refractivity contribution is -0.130. The van der Waals surface area contributed by atoms with Crippen molar-refractivity contribution in [2.24, 2.45) is 0 Å². The fourth-order valence-corrected chi connectivity index (χ4v) is 2.50. The quantitative estimate of drug-likeness (QED) is 0.520. The Bertz CT molecular complexity index is 762.